The maximum absolute atomic E-state index is 13.6. The highest BCUT2D eigenvalue weighted by Gasteiger charge is 2.27. The summed E-state index contributed by atoms with van der Waals surface area (Å²) in [6.07, 6.45) is 3.20. The molecule has 0 radical (unpaired) electrons. The van der Waals surface area contributed by atoms with Gasteiger partial charge in [0.15, 0.2) is 5.65 Å². The first-order valence-corrected chi connectivity index (χ1v) is 8.72. The van der Waals surface area contributed by atoms with Gasteiger partial charge in [0.1, 0.15) is 23.7 Å². The van der Waals surface area contributed by atoms with Crippen molar-refractivity contribution in [1.29, 1.82) is 0 Å². The van der Waals surface area contributed by atoms with Crippen LogP contribution >= 0.6 is 12.4 Å². The van der Waals surface area contributed by atoms with Crippen LogP contribution in [0.5, 0.6) is 0 Å². The fraction of sp³-hybridized carbons (Fsp3) is 0.150. The van der Waals surface area contributed by atoms with Crippen molar-refractivity contribution in [2.75, 3.05) is 11.5 Å². The zero-order valence-electron chi connectivity index (χ0n) is 14.8. The Morgan fingerprint density at radius 2 is 1.71 bits per heavy atom. The van der Waals surface area contributed by atoms with E-state index in [1.54, 1.807) is 12.1 Å². The highest BCUT2D eigenvalue weighted by Crippen LogP contribution is 2.36. The van der Waals surface area contributed by atoms with Crippen molar-refractivity contribution in [1.82, 2.24) is 19.7 Å². The van der Waals surface area contributed by atoms with Gasteiger partial charge in [0, 0.05) is 5.56 Å². The summed E-state index contributed by atoms with van der Waals surface area (Å²) >= 11 is 0. The molecule has 8 heteroatoms. The van der Waals surface area contributed by atoms with Crippen molar-refractivity contribution in [2.45, 2.75) is 18.9 Å². The number of nitrogens with zero attached hydrogens (tertiary/aromatic N) is 4. The number of benzene rings is 2. The van der Waals surface area contributed by atoms with E-state index in [1.165, 1.54) is 23.5 Å². The third-order valence-electron chi connectivity index (χ3n) is 5.16. The third kappa shape index (κ3) is 2.75. The molecule has 6 nitrogen and oxygen atoms in total. The molecular weight excluding hydrogens is 379 g/mol. The minimum absolute atomic E-state index is 0. The summed E-state index contributed by atoms with van der Waals surface area (Å²) in [5.74, 6) is -0.113. The molecule has 0 aliphatic heterocycles. The molecule has 0 saturated heterocycles. The molecule has 1 aliphatic carbocycles. The lowest BCUT2D eigenvalue weighted by atomic mass is 10.1. The molecule has 1 aliphatic rings. The molecule has 2 heterocycles. The summed E-state index contributed by atoms with van der Waals surface area (Å²) in [5, 5.41) is 5.48. The number of hydrogen-bond acceptors (Lipinski definition) is 5. The summed E-state index contributed by atoms with van der Waals surface area (Å²) in [6, 6.07) is 13.1. The second-order valence-corrected chi connectivity index (χ2v) is 6.82. The summed E-state index contributed by atoms with van der Waals surface area (Å²) < 4.78 is 15.5. The number of nitrogen functional groups attached to an aromatic ring is 2. The Bertz CT molecular complexity index is 1160. The van der Waals surface area contributed by atoms with Crippen LogP contribution in [0.15, 0.2) is 48.8 Å². The van der Waals surface area contributed by atoms with Crippen LogP contribution in [0.25, 0.3) is 22.3 Å². The summed E-state index contributed by atoms with van der Waals surface area (Å²) in [7, 11) is 0. The van der Waals surface area contributed by atoms with Gasteiger partial charge in [0.25, 0.3) is 0 Å². The Kier molecular flexibility index (Phi) is 4.39. The lowest BCUT2D eigenvalue weighted by molar-refractivity contribution is 0.488. The van der Waals surface area contributed by atoms with Crippen LogP contribution in [0.2, 0.25) is 0 Å². The monoisotopic (exact) mass is 396 g/mol. The Labute approximate surface area is 166 Å². The quantitative estimate of drug-likeness (QED) is 0.505. The van der Waals surface area contributed by atoms with Crippen molar-refractivity contribution in [3.63, 3.8) is 0 Å². The number of halogens is 2. The Morgan fingerprint density at radius 1 is 1.00 bits per heavy atom. The summed E-state index contributed by atoms with van der Waals surface area (Å²) in [6.45, 7) is 0. The molecule has 0 fully saturated rings. The number of hydrogen-bond donors (Lipinski definition) is 2. The molecule has 0 saturated carbocycles. The van der Waals surface area contributed by atoms with Crippen LogP contribution in [-0.4, -0.2) is 19.7 Å². The van der Waals surface area contributed by atoms with Crippen molar-refractivity contribution in [3.8, 4) is 11.3 Å². The fourth-order valence-electron chi connectivity index (χ4n) is 3.85. The van der Waals surface area contributed by atoms with Gasteiger partial charge in [-0.25, -0.2) is 19.0 Å². The predicted octanol–water partition coefficient (Wildman–Crippen LogP) is 3.56. The van der Waals surface area contributed by atoms with Gasteiger partial charge in [0.2, 0.25) is 0 Å². The van der Waals surface area contributed by atoms with Crippen LogP contribution < -0.4 is 11.5 Å². The number of aromatic nitrogens is 4. The zero-order valence-corrected chi connectivity index (χ0v) is 15.7. The van der Waals surface area contributed by atoms with Crippen LogP contribution in [0.3, 0.4) is 0 Å². The van der Waals surface area contributed by atoms with E-state index in [4.69, 9.17) is 16.6 Å². The number of nitrogens with two attached hydrogens (primary N) is 2. The van der Waals surface area contributed by atoms with Gasteiger partial charge in [-0.05, 0) is 42.2 Å². The molecule has 0 atom stereocenters. The minimum atomic E-state index is -0.460. The average molecular weight is 397 g/mol. The van der Waals surface area contributed by atoms with E-state index in [-0.39, 0.29) is 24.1 Å². The Hall–Kier alpha value is -3.19. The Balaban J connectivity index is 0.00000192. The lowest BCUT2D eigenvalue weighted by Gasteiger charge is -2.10. The predicted molar refractivity (Wildman–Crippen MR) is 110 cm³/mol. The van der Waals surface area contributed by atoms with Gasteiger partial charge in [-0.2, -0.15) is 5.10 Å². The maximum atomic E-state index is 13.6. The molecule has 28 heavy (non-hydrogen) atoms. The van der Waals surface area contributed by atoms with Gasteiger partial charge in [-0.1, -0.05) is 24.3 Å². The Morgan fingerprint density at radius 3 is 2.39 bits per heavy atom. The first-order valence-electron chi connectivity index (χ1n) is 8.72. The van der Waals surface area contributed by atoms with Gasteiger partial charge >= 0.3 is 0 Å². The molecule has 2 aromatic carbocycles. The van der Waals surface area contributed by atoms with Crippen LogP contribution in [0.1, 0.15) is 17.2 Å². The molecule has 4 N–H and O–H groups in total. The van der Waals surface area contributed by atoms with Crippen molar-refractivity contribution in [2.24, 2.45) is 0 Å². The van der Waals surface area contributed by atoms with Gasteiger partial charge < -0.3 is 11.5 Å². The van der Waals surface area contributed by atoms with Crippen molar-refractivity contribution >= 4 is 34.9 Å². The van der Waals surface area contributed by atoms with Crippen LogP contribution in [-0.2, 0) is 12.8 Å². The van der Waals surface area contributed by atoms with E-state index in [9.17, 15) is 4.39 Å². The van der Waals surface area contributed by atoms with E-state index >= 15 is 0 Å². The summed E-state index contributed by atoms with van der Waals surface area (Å²) in [4.78, 5) is 8.56. The van der Waals surface area contributed by atoms with E-state index in [2.05, 4.69) is 34.2 Å². The van der Waals surface area contributed by atoms with Crippen LogP contribution in [0.4, 0.5) is 15.9 Å². The number of fused-ring (bicyclic) bond motifs is 2. The third-order valence-corrected chi connectivity index (χ3v) is 5.16. The topological polar surface area (TPSA) is 95.6 Å². The van der Waals surface area contributed by atoms with Crippen molar-refractivity contribution in [3.05, 3.63) is 65.7 Å². The SMILES string of the molecule is Cl.Nc1cc(-c2nn(C3Cc4ccccc4C3)c3ncnc(N)c23)ccc1F. The van der Waals surface area contributed by atoms with Gasteiger partial charge in [-0.3, -0.25) is 0 Å². The second-order valence-electron chi connectivity index (χ2n) is 6.82. The number of rotatable bonds is 2. The first-order chi connectivity index (χ1) is 13.1. The molecule has 0 unspecified atom stereocenters. The molecule has 5 rings (SSSR count). The van der Waals surface area contributed by atoms with E-state index in [0.717, 1.165) is 12.8 Å². The minimum Gasteiger partial charge on any atom is -0.396 e. The van der Waals surface area contributed by atoms with Gasteiger partial charge in [-0.15, -0.1) is 12.4 Å². The zero-order chi connectivity index (χ0) is 18.5. The highest BCUT2D eigenvalue weighted by molar-refractivity contribution is 5.98. The van der Waals surface area contributed by atoms with E-state index < -0.39 is 5.82 Å². The average Bonchev–Trinajstić information content (AvgIpc) is 3.26. The fourth-order valence-corrected chi connectivity index (χ4v) is 3.85. The lowest BCUT2D eigenvalue weighted by Crippen LogP contribution is -2.11. The van der Waals surface area contributed by atoms with E-state index in [0.29, 0.717) is 28.1 Å². The normalized spacial score (nSPS) is 13.5. The van der Waals surface area contributed by atoms with E-state index in [1.807, 2.05) is 4.68 Å². The molecular formula is C20H18ClFN6. The molecule has 0 amide bonds. The molecule has 0 bridgehead atoms. The maximum Gasteiger partial charge on any atom is 0.164 e. The molecule has 4 aromatic rings. The van der Waals surface area contributed by atoms with Gasteiger partial charge in [0.05, 0.1) is 17.1 Å². The second kappa shape index (κ2) is 6.76. The molecule has 2 aromatic heterocycles. The summed E-state index contributed by atoms with van der Waals surface area (Å²) in [5.41, 5.74) is 16.6. The standard InChI is InChI=1S/C20H17FN6.ClH/c21-15-6-5-13(9-16(15)22)18-17-19(23)24-10-25-20(17)27(26-18)14-7-11-3-1-2-4-12(11)8-14;/h1-6,9-10,14H,7-8,22H2,(H2,23,24,25);1H. The number of anilines is 2. The first kappa shape index (κ1) is 18.2. The highest BCUT2D eigenvalue weighted by atomic mass is 35.5. The van der Waals surface area contributed by atoms with Crippen molar-refractivity contribution < 1.29 is 4.39 Å². The molecule has 142 valence electrons. The smallest absolute Gasteiger partial charge is 0.164 e. The van der Waals surface area contributed by atoms with Crippen LogP contribution in [0, 0.1) is 5.82 Å². The molecule has 0 spiro atoms. The largest absolute Gasteiger partial charge is 0.396 e.